The standard InChI is InChI=1S/C12H24NO2P.2C2H6/c1-3-15-16(2,14)13-9-8-11-6-4-5-7-12(11)10-13;2*1-2/h11-12H,3-10H2,1-2H3;2*1-2H3. The summed E-state index contributed by atoms with van der Waals surface area (Å²) in [4.78, 5) is 0. The van der Waals surface area contributed by atoms with Crippen molar-refractivity contribution < 1.29 is 9.09 Å². The van der Waals surface area contributed by atoms with Gasteiger partial charge in [-0.3, -0.25) is 4.57 Å². The molecule has 0 spiro atoms. The molecule has 122 valence electrons. The zero-order valence-corrected chi connectivity index (χ0v) is 15.4. The van der Waals surface area contributed by atoms with E-state index in [0.717, 1.165) is 24.9 Å². The average molecular weight is 305 g/mol. The van der Waals surface area contributed by atoms with Crippen LogP contribution in [0.1, 0.15) is 66.7 Å². The summed E-state index contributed by atoms with van der Waals surface area (Å²) in [7, 11) is -2.50. The quantitative estimate of drug-likeness (QED) is 0.653. The Hall–Kier alpha value is 0.150. The summed E-state index contributed by atoms with van der Waals surface area (Å²) in [6, 6.07) is 0. The minimum Gasteiger partial charge on any atom is -0.318 e. The van der Waals surface area contributed by atoms with Crippen LogP contribution >= 0.6 is 7.52 Å². The molecule has 1 saturated heterocycles. The van der Waals surface area contributed by atoms with Crippen LogP contribution in [-0.4, -0.2) is 31.0 Å². The SMILES string of the molecule is CC.CC.CCOP(C)(=O)N1CCC2CCCCC2C1. The Bertz CT molecular complexity index is 284. The molecular weight excluding hydrogens is 269 g/mol. The largest absolute Gasteiger partial charge is 0.318 e. The van der Waals surface area contributed by atoms with E-state index in [1.54, 1.807) is 6.66 Å². The molecule has 3 atom stereocenters. The van der Waals surface area contributed by atoms with Crippen LogP contribution in [0, 0.1) is 11.8 Å². The maximum atomic E-state index is 12.3. The lowest BCUT2D eigenvalue weighted by molar-refractivity contribution is 0.123. The minimum absolute atomic E-state index is 0.554. The molecule has 1 aliphatic carbocycles. The molecule has 3 unspecified atom stereocenters. The first kappa shape index (κ1) is 20.1. The molecule has 3 nitrogen and oxygen atoms in total. The lowest BCUT2D eigenvalue weighted by Gasteiger charge is -2.42. The zero-order chi connectivity index (χ0) is 15.6. The van der Waals surface area contributed by atoms with Gasteiger partial charge in [-0.2, -0.15) is 0 Å². The van der Waals surface area contributed by atoms with Crippen molar-refractivity contribution in [3.05, 3.63) is 0 Å². The van der Waals surface area contributed by atoms with Crippen molar-refractivity contribution in [2.75, 3.05) is 26.4 Å². The highest BCUT2D eigenvalue weighted by Crippen LogP contribution is 2.51. The van der Waals surface area contributed by atoms with E-state index in [4.69, 9.17) is 4.52 Å². The van der Waals surface area contributed by atoms with Crippen LogP contribution in [0.3, 0.4) is 0 Å². The van der Waals surface area contributed by atoms with E-state index in [0.29, 0.717) is 6.61 Å². The van der Waals surface area contributed by atoms with E-state index >= 15 is 0 Å². The molecule has 0 aromatic carbocycles. The third kappa shape index (κ3) is 5.87. The first-order valence-corrected chi connectivity index (χ1v) is 10.6. The van der Waals surface area contributed by atoms with Crippen LogP contribution in [0.4, 0.5) is 0 Å². The first-order chi connectivity index (χ1) is 9.63. The predicted octanol–water partition coefficient (Wildman–Crippen LogP) is 5.41. The maximum absolute atomic E-state index is 12.3. The van der Waals surface area contributed by atoms with Crippen molar-refractivity contribution >= 4 is 7.52 Å². The molecule has 0 N–H and O–H groups in total. The maximum Gasteiger partial charge on any atom is 0.269 e. The van der Waals surface area contributed by atoms with Crippen molar-refractivity contribution in [3.8, 4) is 0 Å². The molecule has 0 aromatic rings. The van der Waals surface area contributed by atoms with E-state index < -0.39 is 7.52 Å². The van der Waals surface area contributed by atoms with E-state index in [-0.39, 0.29) is 0 Å². The van der Waals surface area contributed by atoms with Crippen molar-refractivity contribution in [1.29, 1.82) is 0 Å². The normalized spacial score (nSPS) is 28.9. The Labute approximate surface area is 127 Å². The molecule has 2 rings (SSSR count). The van der Waals surface area contributed by atoms with Gasteiger partial charge >= 0.3 is 0 Å². The Balaban J connectivity index is 0.000000829. The molecule has 1 heterocycles. The fourth-order valence-corrected chi connectivity index (χ4v) is 4.86. The van der Waals surface area contributed by atoms with Crippen LogP contribution in [0.5, 0.6) is 0 Å². The van der Waals surface area contributed by atoms with Crippen LogP contribution in [-0.2, 0) is 9.09 Å². The third-order valence-corrected chi connectivity index (χ3v) is 6.28. The second-order valence-electron chi connectivity index (χ2n) is 5.23. The summed E-state index contributed by atoms with van der Waals surface area (Å²) in [6.45, 7) is 14.2. The van der Waals surface area contributed by atoms with Gasteiger partial charge in [0.15, 0.2) is 0 Å². The summed E-state index contributed by atoms with van der Waals surface area (Å²) in [5, 5.41) is 0. The van der Waals surface area contributed by atoms with Gasteiger partial charge in [-0.25, -0.2) is 4.67 Å². The van der Waals surface area contributed by atoms with Gasteiger partial charge in [0.05, 0.1) is 6.61 Å². The number of nitrogens with zero attached hydrogens (tertiary/aromatic N) is 1. The number of fused-ring (bicyclic) bond motifs is 1. The number of hydrogen-bond acceptors (Lipinski definition) is 2. The van der Waals surface area contributed by atoms with E-state index in [1.165, 1.54) is 32.1 Å². The smallest absolute Gasteiger partial charge is 0.269 e. The lowest BCUT2D eigenvalue weighted by Crippen LogP contribution is -2.40. The summed E-state index contributed by atoms with van der Waals surface area (Å²) in [5.41, 5.74) is 0. The van der Waals surface area contributed by atoms with Crippen LogP contribution in [0.25, 0.3) is 0 Å². The van der Waals surface area contributed by atoms with Crippen molar-refractivity contribution in [1.82, 2.24) is 4.67 Å². The first-order valence-electron chi connectivity index (χ1n) is 8.61. The number of rotatable bonds is 3. The summed E-state index contributed by atoms with van der Waals surface area (Å²) < 4.78 is 19.9. The summed E-state index contributed by atoms with van der Waals surface area (Å²) in [5.74, 6) is 1.67. The van der Waals surface area contributed by atoms with Gasteiger partial charge in [0.25, 0.3) is 7.52 Å². The highest BCUT2D eigenvalue weighted by molar-refractivity contribution is 7.55. The number of hydrogen-bond donors (Lipinski definition) is 0. The van der Waals surface area contributed by atoms with E-state index in [1.807, 2.05) is 34.6 Å². The minimum atomic E-state index is -2.50. The predicted molar refractivity (Wildman–Crippen MR) is 89.5 cm³/mol. The van der Waals surface area contributed by atoms with Crippen molar-refractivity contribution in [2.24, 2.45) is 11.8 Å². The van der Waals surface area contributed by atoms with Crippen LogP contribution in [0.2, 0.25) is 0 Å². The van der Waals surface area contributed by atoms with Gasteiger partial charge in [0, 0.05) is 19.8 Å². The zero-order valence-electron chi connectivity index (χ0n) is 14.5. The van der Waals surface area contributed by atoms with Crippen LogP contribution in [0.15, 0.2) is 0 Å². The molecule has 1 saturated carbocycles. The van der Waals surface area contributed by atoms with Crippen molar-refractivity contribution in [2.45, 2.75) is 66.7 Å². The van der Waals surface area contributed by atoms with Crippen LogP contribution < -0.4 is 0 Å². The number of piperidine rings is 1. The molecule has 20 heavy (non-hydrogen) atoms. The van der Waals surface area contributed by atoms with Gasteiger partial charge in [-0.1, -0.05) is 47.0 Å². The topological polar surface area (TPSA) is 29.5 Å². The molecule has 4 heteroatoms. The summed E-state index contributed by atoms with van der Waals surface area (Å²) >= 11 is 0. The van der Waals surface area contributed by atoms with Gasteiger partial charge in [-0.05, 0) is 31.6 Å². The third-order valence-electron chi connectivity index (χ3n) is 4.15. The molecule has 0 aromatic heterocycles. The van der Waals surface area contributed by atoms with Crippen molar-refractivity contribution in [3.63, 3.8) is 0 Å². The van der Waals surface area contributed by atoms with E-state index in [2.05, 4.69) is 4.67 Å². The van der Waals surface area contributed by atoms with Gasteiger partial charge in [0.2, 0.25) is 0 Å². The Morgan fingerprint density at radius 3 is 2.15 bits per heavy atom. The molecule has 0 amide bonds. The molecule has 0 bridgehead atoms. The average Bonchev–Trinajstić information content (AvgIpc) is 2.51. The van der Waals surface area contributed by atoms with E-state index in [9.17, 15) is 4.57 Å². The Morgan fingerprint density at radius 1 is 1.05 bits per heavy atom. The molecule has 2 fully saturated rings. The molecular formula is C16H36NO2P. The summed E-state index contributed by atoms with van der Waals surface area (Å²) in [6.07, 6.45) is 6.69. The second kappa shape index (κ2) is 10.8. The van der Waals surface area contributed by atoms with Gasteiger partial charge < -0.3 is 4.52 Å². The Morgan fingerprint density at radius 2 is 1.60 bits per heavy atom. The van der Waals surface area contributed by atoms with Gasteiger partial charge in [0.1, 0.15) is 0 Å². The molecule has 2 aliphatic rings. The highest BCUT2D eigenvalue weighted by Gasteiger charge is 2.36. The fourth-order valence-electron chi connectivity index (χ4n) is 3.23. The monoisotopic (exact) mass is 305 g/mol. The second-order valence-corrected chi connectivity index (χ2v) is 7.66. The van der Waals surface area contributed by atoms with Gasteiger partial charge in [-0.15, -0.1) is 0 Å². The molecule has 1 aliphatic heterocycles. The lowest BCUT2D eigenvalue weighted by atomic mass is 9.76. The Kier molecular flexibility index (Phi) is 10.9. The highest BCUT2D eigenvalue weighted by atomic mass is 31.2. The fraction of sp³-hybridized carbons (Fsp3) is 1.00. The molecule has 0 radical (unpaired) electrons.